The summed E-state index contributed by atoms with van der Waals surface area (Å²) in [7, 11) is 1.76. The van der Waals surface area contributed by atoms with Gasteiger partial charge in [0.15, 0.2) is 5.96 Å². The predicted molar refractivity (Wildman–Crippen MR) is 122 cm³/mol. The SMILES string of the molecule is CCC(=O)N1CCC(NC(=NC)NCc2csc(-c3ccccc3)n2)C1.I. The molecule has 3 rings (SSSR count). The second kappa shape index (κ2) is 10.6. The molecule has 6 nitrogen and oxygen atoms in total. The summed E-state index contributed by atoms with van der Waals surface area (Å²) in [5.41, 5.74) is 2.13. The highest BCUT2D eigenvalue weighted by Gasteiger charge is 2.25. The Labute approximate surface area is 181 Å². The van der Waals surface area contributed by atoms with Crippen molar-refractivity contribution in [1.82, 2.24) is 20.5 Å². The summed E-state index contributed by atoms with van der Waals surface area (Å²) in [5, 5.41) is 9.81. The van der Waals surface area contributed by atoms with Gasteiger partial charge in [-0.15, -0.1) is 35.3 Å². The Kier molecular flexibility index (Phi) is 8.49. The molecule has 1 aromatic heterocycles. The molecule has 0 radical (unpaired) electrons. The number of amides is 1. The standard InChI is InChI=1S/C19H25N5OS.HI/c1-3-17(25)24-10-9-15(12-24)23-19(20-2)21-11-16-13-26-18(22-16)14-7-5-4-6-8-14;/h4-8,13,15H,3,9-12H2,1-2H3,(H2,20,21,23);1H. The lowest BCUT2D eigenvalue weighted by molar-refractivity contribution is -0.129. The number of likely N-dealkylation sites (tertiary alicyclic amines) is 1. The van der Waals surface area contributed by atoms with Crippen LogP contribution in [0.1, 0.15) is 25.5 Å². The Morgan fingerprint density at radius 3 is 2.85 bits per heavy atom. The highest BCUT2D eigenvalue weighted by atomic mass is 127. The Morgan fingerprint density at radius 1 is 1.37 bits per heavy atom. The molecule has 146 valence electrons. The van der Waals surface area contributed by atoms with E-state index in [1.807, 2.05) is 30.0 Å². The normalized spacial score (nSPS) is 16.7. The molecule has 0 saturated carbocycles. The van der Waals surface area contributed by atoms with Crippen LogP contribution in [0.4, 0.5) is 0 Å². The van der Waals surface area contributed by atoms with Gasteiger partial charge in [0, 0.05) is 43.5 Å². The van der Waals surface area contributed by atoms with Crippen molar-refractivity contribution in [2.45, 2.75) is 32.4 Å². The van der Waals surface area contributed by atoms with Crippen molar-refractivity contribution in [1.29, 1.82) is 0 Å². The molecular formula is C19H26IN5OS. The maximum absolute atomic E-state index is 11.8. The molecule has 1 amide bonds. The molecule has 2 aromatic rings. The minimum absolute atomic E-state index is 0. The average Bonchev–Trinajstić information content (AvgIpc) is 3.35. The van der Waals surface area contributed by atoms with Gasteiger partial charge in [-0.3, -0.25) is 9.79 Å². The van der Waals surface area contributed by atoms with Crippen molar-refractivity contribution in [2.75, 3.05) is 20.1 Å². The van der Waals surface area contributed by atoms with Crippen LogP contribution in [0.3, 0.4) is 0 Å². The minimum atomic E-state index is 0. The lowest BCUT2D eigenvalue weighted by Crippen LogP contribution is -2.44. The van der Waals surface area contributed by atoms with E-state index in [1.54, 1.807) is 18.4 Å². The molecular weight excluding hydrogens is 473 g/mol. The zero-order valence-corrected chi connectivity index (χ0v) is 18.8. The zero-order chi connectivity index (χ0) is 18.4. The molecule has 1 aliphatic rings. The Hall–Kier alpha value is -1.68. The number of carbonyl (C=O) groups excluding carboxylic acids is 1. The van der Waals surface area contributed by atoms with E-state index in [0.29, 0.717) is 13.0 Å². The molecule has 0 aliphatic carbocycles. The molecule has 8 heteroatoms. The number of benzene rings is 1. The van der Waals surface area contributed by atoms with Crippen molar-refractivity contribution < 1.29 is 4.79 Å². The lowest BCUT2D eigenvalue weighted by atomic mass is 10.2. The quantitative estimate of drug-likeness (QED) is 0.377. The molecule has 2 N–H and O–H groups in total. The van der Waals surface area contributed by atoms with Crippen molar-refractivity contribution in [2.24, 2.45) is 4.99 Å². The number of hydrogen-bond donors (Lipinski definition) is 2. The number of rotatable bonds is 5. The van der Waals surface area contributed by atoms with Crippen LogP contribution in [0, 0.1) is 0 Å². The molecule has 1 saturated heterocycles. The number of thiazole rings is 1. The van der Waals surface area contributed by atoms with E-state index in [9.17, 15) is 4.79 Å². The first-order valence-corrected chi connectivity index (χ1v) is 9.82. The number of nitrogens with zero attached hydrogens (tertiary/aromatic N) is 3. The van der Waals surface area contributed by atoms with E-state index in [2.05, 4.69) is 38.1 Å². The second-order valence-electron chi connectivity index (χ2n) is 6.26. The van der Waals surface area contributed by atoms with Gasteiger partial charge in [-0.25, -0.2) is 4.98 Å². The maximum Gasteiger partial charge on any atom is 0.222 e. The monoisotopic (exact) mass is 499 g/mol. The highest BCUT2D eigenvalue weighted by Crippen LogP contribution is 2.23. The van der Waals surface area contributed by atoms with Gasteiger partial charge >= 0.3 is 0 Å². The first-order valence-electron chi connectivity index (χ1n) is 8.94. The van der Waals surface area contributed by atoms with Crippen molar-refractivity contribution >= 4 is 47.2 Å². The molecule has 0 spiro atoms. The maximum atomic E-state index is 11.8. The summed E-state index contributed by atoms with van der Waals surface area (Å²) < 4.78 is 0. The van der Waals surface area contributed by atoms with Gasteiger partial charge in [-0.1, -0.05) is 37.3 Å². The summed E-state index contributed by atoms with van der Waals surface area (Å²) in [6.45, 7) is 4.07. The van der Waals surface area contributed by atoms with E-state index >= 15 is 0 Å². The van der Waals surface area contributed by atoms with Crippen LogP contribution in [-0.4, -0.2) is 47.9 Å². The van der Waals surface area contributed by atoms with Crippen LogP contribution in [0.25, 0.3) is 10.6 Å². The van der Waals surface area contributed by atoms with Crippen molar-refractivity contribution in [3.8, 4) is 10.6 Å². The van der Waals surface area contributed by atoms with Crippen molar-refractivity contribution in [3.05, 3.63) is 41.4 Å². The highest BCUT2D eigenvalue weighted by molar-refractivity contribution is 14.0. The molecule has 1 fully saturated rings. The number of aliphatic imine (C=N–C) groups is 1. The number of carbonyl (C=O) groups is 1. The fraction of sp³-hybridized carbons (Fsp3) is 0.421. The third-order valence-electron chi connectivity index (χ3n) is 4.42. The fourth-order valence-electron chi connectivity index (χ4n) is 2.99. The van der Waals surface area contributed by atoms with Gasteiger partial charge in [-0.05, 0) is 6.42 Å². The zero-order valence-electron chi connectivity index (χ0n) is 15.6. The molecule has 1 aliphatic heterocycles. The third kappa shape index (κ3) is 5.90. The van der Waals surface area contributed by atoms with Gasteiger partial charge in [-0.2, -0.15) is 0 Å². The molecule has 1 aromatic carbocycles. The number of nitrogens with one attached hydrogen (secondary N) is 2. The van der Waals surface area contributed by atoms with Crippen LogP contribution < -0.4 is 10.6 Å². The van der Waals surface area contributed by atoms with Crippen LogP contribution in [-0.2, 0) is 11.3 Å². The van der Waals surface area contributed by atoms with Gasteiger partial charge < -0.3 is 15.5 Å². The van der Waals surface area contributed by atoms with E-state index in [4.69, 9.17) is 0 Å². The van der Waals surface area contributed by atoms with Gasteiger partial charge in [0.25, 0.3) is 0 Å². The third-order valence-corrected chi connectivity index (χ3v) is 5.36. The first-order chi connectivity index (χ1) is 12.7. The van der Waals surface area contributed by atoms with Gasteiger partial charge in [0.1, 0.15) is 5.01 Å². The molecule has 2 heterocycles. The van der Waals surface area contributed by atoms with Gasteiger partial charge in [0.2, 0.25) is 5.91 Å². The van der Waals surface area contributed by atoms with Crippen LogP contribution >= 0.6 is 35.3 Å². The van der Waals surface area contributed by atoms with E-state index in [-0.39, 0.29) is 35.9 Å². The Balaban J connectivity index is 0.00000261. The fourth-order valence-corrected chi connectivity index (χ4v) is 3.82. The summed E-state index contributed by atoms with van der Waals surface area (Å²) in [5.74, 6) is 0.961. The average molecular weight is 499 g/mol. The number of halogens is 1. The van der Waals surface area contributed by atoms with Gasteiger partial charge in [0.05, 0.1) is 12.2 Å². The van der Waals surface area contributed by atoms with Crippen LogP contribution in [0.15, 0.2) is 40.7 Å². The van der Waals surface area contributed by atoms with E-state index in [0.717, 1.165) is 41.7 Å². The summed E-state index contributed by atoms with van der Waals surface area (Å²) >= 11 is 1.65. The number of guanidine groups is 1. The lowest BCUT2D eigenvalue weighted by Gasteiger charge is -2.18. The van der Waals surface area contributed by atoms with Crippen LogP contribution in [0.2, 0.25) is 0 Å². The predicted octanol–water partition coefficient (Wildman–Crippen LogP) is 3.10. The smallest absolute Gasteiger partial charge is 0.222 e. The molecule has 0 bridgehead atoms. The topological polar surface area (TPSA) is 69.6 Å². The second-order valence-corrected chi connectivity index (χ2v) is 7.12. The Morgan fingerprint density at radius 2 is 2.15 bits per heavy atom. The van der Waals surface area contributed by atoms with E-state index < -0.39 is 0 Å². The number of hydrogen-bond acceptors (Lipinski definition) is 4. The number of aromatic nitrogens is 1. The molecule has 1 unspecified atom stereocenters. The summed E-state index contributed by atoms with van der Waals surface area (Å²) in [6, 6.07) is 10.4. The Bertz CT molecular complexity index is 764. The van der Waals surface area contributed by atoms with E-state index in [1.165, 1.54) is 0 Å². The molecule has 27 heavy (non-hydrogen) atoms. The first kappa shape index (κ1) is 21.6. The largest absolute Gasteiger partial charge is 0.352 e. The summed E-state index contributed by atoms with van der Waals surface area (Å²) in [4.78, 5) is 22.7. The summed E-state index contributed by atoms with van der Waals surface area (Å²) in [6.07, 6.45) is 1.51. The van der Waals surface area contributed by atoms with Crippen molar-refractivity contribution in [3.63, 3.8) is 0 Å². The minimum Gasteiger partial charge on any atom is -0.352 e. The van der Waals surface area contributed by atoms with Crippen LogP contribution in [0.5, 0.6) is 0 Å². The molecule has 1 atom stereocenters.